The standard InChI is InChI=1S/C13H13N3O2/c1-9-14-13(18-15-9)8-16-7-6-10-11(16)4-3-5-12(10)17-2/h3-7H,8H2,1-2H3. The second-order valence-electron chi connectivity index (χ2n) is 4.07. The smallest absolute Gasteiger partial charge is 0.246 e. The lowest BCUT2D eigenvalue weighted by Gasteiger charge is -2.04. The number of hydrogen-bond acceptors (Lipinski definition) is 4. The molecule has 92 valence electrons. The zero-order valence-corrected chi connectivity index (χ0v) is 10.3. The van der Waals surface area contributed by atoms with Crippen LogP contribution in [0.25, 0.3) is 10.9 Å². The molecule has 0 aliphatic heterocycles. The summed E-state index contributed by atoms with van der Waals surface area (Å²) in [5.41, 5.74) is 1.09. The number of benzene rings is 1. The Hall–Kier alpha value is -2.30. The van der Waals surface area contributed by atoms with Gasteiger partial charge in [0.2, 0.25) is 5.89 Å². The van der Waals surface area contributed by atoms with Crippen molar-refractivity contribution in [2.45, 2.75) is 13.5 Å². The molecule has 2 aromatic heterocycles. The molecule has 2 heterocycles. The van der Waals surface area contributed by atoms with Gasteiger partial charge in [0.1, 0.15) is 12.3 Å². The normalized spacial score (nSPS) is 11.0. The number of aromatic nitrogens is 3. The molecule has 0 saturated carbocycles. The second-order valence-corrected chi connectivity index (χ2v) is 4.07. The Morgan fingerprint density at radius 3 is 2.94 bits per heavy atom. The van der Waals surface area contributed by atoms with E-state index < -0.39 is 0 Å². The maximum Gasteiger partial charge on any atom is 0.246 e. The molecule has 0 aliphatic carbocycles. The van der Waals surface area contributed by atoms with E-state index in [1.165, 1.54) is 0 Å². The minimum Gasteiger partial charge on any atom is -0.496 e. The topological polar surface area (TPSA) is 53.1 Å². The van der Waals surface area contributed by atoms with Crippen LogP contribution in [-0.4, -0.2) is 21.8 Å². The summed E-state index contributed by atoms with van der Waals surface area (Å²) >= 11 is 0. The zero-order valence-electron chi connectivity index (χ0n) is 10.3. The number of rotatable bonds is 3. The molecule has 0 unspecified atom stereocenters. The van der Waals surface area contributed by atoms with Crippen molar-refractivity contribution in [3.63, 3.8) is 0 Å². The minimum atomic E-state index is 0.567. The lowest BCUT2D eigenvalue weighted by molar-refractivity contribution is 0.369. The predicted octanol–water partition coefficient (Wildman–Crippen LogP) is 2.39. The molecule has 0 spiro atoms. The van der Waals surface area contributed by atoms with E-state index in [0.717, 1.165) is 16.7 Å². The van der Waals surface area contributed by atoms with Gasteiger partial charge < -0.3 is 13.8 Å². The number of aryl methyl sites for hydroxylation is 1. The highest BCUT2D eigenvalue weighted by atomic mass is 16.5. The van der Waals surface area contributed by atoms with Crippen LogP contribution < -0.4 is 4.74 Å². The van der Waals surface area contributed by atoms with E-state index in [0.29, 0.717) is 18.3 Å². The van der Waals surface area contributed by atoms with Crippen molar-refractivity contribution >= 4 is 10.9 Å². The summed E-state index contributed by atoms with van der Waals surface area (Å²) in [5.74, 6) is 2.12. The zero-order chi connectivity index (χ0) is 12.5. The van der Waals surface area contributed by atoms with E-state index >= 15 is 0 Å². The van der Waals surface area contributed by atoms with Crippen molar-refractivity contribution in [2.24, 2.45) is 0 Å². The van der Waals surface area contributed by atoms with Crippen LogP contribution in [0, 0.1) is 6.92 Å². The van der Waals surface area contributed by atoms with Gasteiger partial charge in [-0.3, -0.25) is 0 Å². The molecular weight excluding hydrogens is 230 g/mol. The molecule has 5 nitrogen and oxygen atoms in total. The Labute approximate surface area is 104 Å². The van der Waals surface area contributed by atoms with Gasteiger partial charge in [0, 0.05) is 11.6 Å². The maximum absolute atomic E-state index is 5.33. The summed E-state index contributed by atoms with van der Waals surface area (Å²) in [4.78, 5) is 4.21. The van der Waals surface area contributed by atoms with Crippen molar-refractivity contribution in [1.29, 1.82) is 0 Å². The molecular formula is C13H13N3O2. The predicted molar refractivity (Wildman–Crippen MR) is 66.6 cm³/mol. The molecule has 5 heteroatoms. The first-order chi connectivity index (χ1) is 8.78. The fraction of sp³-hybridized carbons (Fsp3) is 0.231. The number of fused-ring (bicyclic) bond motifs is 1. The van der Waals surface area contributed by atoms with Crippen molar-refractivity contribution < 1.29 is 9.26 Å². The Morgan fingerprint density at radius 2 is 2.22 bits per heavy atom. The van der Waals surface area contributed by atoms with E-state index in [9.17, 15) is 0 Å². The highest BCUT2D eigenvalue weighted by molar-refractivity contribution is 5.86. The minimum absolute atomic E-state index is 0.567. The highest BCUT2D eigenvalue weighted by Crippen LogP contribution is 2.26. The summed E-state index contributed by atoms with van der Waals surface area (Å²) in [7, 11) is 1.67. The highest BCUT2D eigenvalue weighted by Gasteiger charge is 2.09. The van der Waals surface area contributed by atoms with Gasteiger partial charge in [-0.25, -0.2) is 0 Å². The van der Waals surface area contributed by atoms with Crippen LogP contribution in [0.1, 0.15) is 11.7 Å². The third-order valence-electron chi connectivity index (χ3n) is 2.87. The molecule has 0 aliphatic rings. The molecule has 18 heavy (non-hydrogen) atoms. The Balaban J connectivity index is 2.02. The van der Waals surface area contributed by atoms with Crippen LogP contribution in [0.5, 0.6) is 5.75 Å². The van der Waals surface area contributed by atoms with Crippen molar-refractivity contribution in [3.05, 3.63) is 42.2 Å². The summed E-state index contributed by atoms with van der Waals surface area (Å²) in [6, 6.07) is 7.98. The fourth-order valence-electron chi connectivity index (χ4n) is 2.06. The Morgan fingerprint density at radius 1 is 1.33 bits per heavy atom. The molecule has 0 saturated heterocycles. The molecule has 0 radical (unpaired) electrons. The summed E-state index contributed by atoms with van der Waals surface area (Å²) in [6.07, 6.45) is 1.99. The van der Waals surface area contributed by atoms with Gasteiger partial charge in [0.25, 0.3) is 0 Å². The number of ether oxygens (including phenoxy) is 1. The second kappa shape index (κ2) is 4.18. The van der Waals surface area contributed by atoms with Gasteiger partial charge in [0.05, 0.1) is 12.6 Å². The molecule has 3 rings (SSSR count). The third-order valence-corrected chi connectivity index (χ3v) is 2.87. The number of nitrogens with zero attached hydrogens (tertiary/aromatic N) is 3. The monoisotopic (exact) mass is 243 g/mol. The van der Waals surface area contributed by atoms with Gasteiger partial charge in [-0.05, 0) is 25.1 Å². The quantitative estimate of drug-likeness (QED) is 0.708. The van der Waals surface area contributed by atoms with E-state index in [2.05, 4.69) is 14.7 Å². The van der Waals surface area contributed by atoms with Gasteiger partial charge in [0.15, 0.2) is 5.82 Å². The van der Waals surface area contributed by atoms with Gasteiger partial charge in [-0.15, -0.1) is 0 Å². The molecule has 1 aromatic carbocycles. The molecule has 0 fully saturated rings. The van der Waals surface area contributed by atoms with Gasteiger partial charge in [-0.2, -0.15) is 4.98 Å². The Bertz CT molecular complexity index is 684. The van der Waals surface area contributed by atoms with E-state index in [1.54, 1.807) is 7.11 Å². The summed E-state index contributed by atoms with van der Waals surface area (Å²) < 4.78 is 12.5. The first kappa shape index (κ1) is 10.8. The number of hydrogen-bond donors (Lipinski definition) is 0. The molecule has 0 N–H and O–H groups in total. The Kier molecular flexibility index (Phi) is 2.51. The first-order valence-electron chi connectivity index (χ1n) is 5.69. The number of methoxy groups -OCH3 is 1. The van der Waals surface area contributed by atoms with Crippen LogP contribution in [0.15, 0.2) is 35.0 Å². The average molecular weight is 243 g/mol. The SMILES string of the molecule is COc1cccc2c1ccn2Cc1nc(C)no1. The average Bonchev–Trinajstić information content (AvgIpc) is 2.97. The molecule has 0 atom stereocenters. The van der Waals surface area contributed by atoms with Crippen LogP contribution >= 0.6 is 0 Å². The van der Waals surface area contributed by atoms with Crippen molar-refractivity contribution in [3.8, 4) is 5.75 Å². The van der Waals surface area contributed by atoms with Crippen LogP contribution in [-0.2, 0) is 6.54 Å². The van der Waals surface area contributed by atoms with Crippen LogP contribution in [0.3, 0.4) is 0 Å². The van der Waals surface area contributed by atoms with Gasteiger partial charge in [-0.1, -0.05) is 11.2 Å². The maximum atomic E-state index is 5.33. The summed E-state index contributed by atoms with van der Waals surface area (Å²) in [5, 5.41) is 4.87. The van der Waals surface area contributed by atoms with Crippen LogP contribution in [0.4, 0.5) is 0 Å². The molecule has 3 aromatic rings. The molecule has 0 bridgehead atoms. The van der Waals surface area contributed by atoms with Crippen molar-refractivity contribution in [1.82, 2.24) is 14.7 Å². The largest absolute Gasteiger partial charge is 0.496 e. The summed E-state index contributed by atoms with van der Waals surface area (Å²) in [6.45, 7) is 2.38. The van der Waals surface area contributed by atoms with E-state index in [-0.39, 0.29) is 0 Å². The molecule has 0 amide bonds. The van der Waals surface area contributed by atoms with Crippen molar-refractivity contribution in [2.75, 3.05) is 7.11 Å². The van der Waals surface area contributed by atoms with Gasteiger partial charge >= 0.3 is 0 Å². The van der Waals surface area contributed by atoms with E-state index in [4.69, 9.17) is 9.26 Å². The lowest BCUT2D eigenvalue weighted by atomic mass is 10.2. The first-order valence-corrected chi connectivity index (χ1v) is 5.69. The lowest BCUT2D eigenvalue weighted by Crippen LogP contribution is -1.98. The van der Waals surface area contributed by atoms with E-state index in [1.807, 2.05) is 37.4 Å². The fourth-order valence-corrected chi connectivity index (χ4v) is 2.06. The third kappa shape index (κ3) is 1.73. The van der Waals surface area contributed by atoms with Crippen LogP contribution in [0.2, 0.25) is 0 Å².